The summed E-state index contributed by atoms with van der Waals surface area (Å²) < 4.78 is 0.744. The van der Waals surface area contributed by atoms with Crippen LogP contribution in [0.4, 0.5) is 5.69 Å². The Balaban J connectivity index is 1.98. The van der Waals surface area contributed by atoms with Gasteiger partial charge in [-0.15, -0.1) is 0 Å². The topological polar surface area (TPSA) is 69.6 Å². The molecule has 92 valence electrons. The summed E-state index contributed by atoms with van der Waals surface area (Å²) in [6.45, 7) is 0.770. The molecule has 1 aromatic rings. The van der Waals surface area contributed by atoms with Gasteiger partial charge in [-0.3, -0.25) is 0 Å². The van der Waals surface area contributed by atoms with E-state index in [9.17, 15) is 4.79 Å². The standard InChI is InChI=1S/C12H14BrNO3/c13-9-3-8(12(16)17)4-10(5-9)14-6-7-1-11(15)2-7/h3-5,7,11,14-15H,1-2,6H2,(H,16,17). The average molecular weight is 300 g/mol. The molecule has 0 bridgehead atoms. The second-order valence-electron chi connectivity index (χ2n) is 4.41. The molecule has 0 atom stereocenters. The maximum atomic E-state index is 10.9. The fourth-order valence-corrected chi connectivity index (χ4v) is 2.44. The number of carbonyl (C=O) groups is 1. The van der Waals surface area contributed by atoms with Gasteiger partial charge in [-0.1, -0.05) is 15.9 Å². The van der Waals surface area contributed by atoms with E-state index in [0.29, 0.717) is 5.92 Å². The molecule has 0 amide bonds. The zero-order valence-corrected chi connectivity index (χ0v) is 10.8. The summed E-state index contributed by atoms with van der Waals surface area (Å²) in [7, 11) is 0. The number of benzene rings is 1. The van der Waals surface area contributed by atoms with E-state index in [1.54, 1.807) is 12.1 Å². The number of nitrogens with one attached hydrogen (secondary N) is 1. The minimum absolute atomic E-state index is 0.154. The molecule has 3 N–H and O–H groups in total. The van der Waals surface area contributed by atoms with Crippen LogP contribution in [-0.2, 0) is 0 Å². The summed E-state index contributed by atoms with van der Waals surface area (Å²) in [6, 6.07) is 5.03. The van der Waals surface area contributed by atoms with Gasteiger partial charge in [0, 0.05) is 16.7 Å². The number of hydrogen-bond acceptors (Lipinski definition) is 3. The second-order valence-corrected chi connectivity index (χ2v) is 5.32. The van der Waals surface area contributed by atoms with Gasteiger partial charge in [0.05, 0.1) is 11.7 Å². The van der Waals surface area contributed by atoms with E-state index >= 15 is 0 Å². The van der Waals surface area contributed by atoms with E-state index < -0.39 is 5.97 Å². The van der Waals surface area contributed by atoms with E-state index in [1.807, 2.05) is 6.07 Å². The molecule has 0 unspecified atom stereocenters. The van der Waals surface area contributed by atoms with Crippen molar-refractivity contribution in [3.63, 3.8) is 0 Å². The molecule has 0 heterocycles. The Morgan fingerprint density at radius 2 is 2.12 bits per heavy atom. The van der Waals surface area contributed by atoms with Crippen molar-refractivity contribution >= 4 is 27.6 Å². The summed E-state index contributed by atoms with van der Waals surface area (Å²) in [5.74, 6) is -0.453. The van der Waals surface area contributed by atoms with Gasteiger partial charge in [-0.25, -0.2) is 4.79 Å². The number of halogens is 1. The van der Waals surface area contributed by atoms with Gasteiger partial charge >= 0.3 is 5.97 Å². The van der Waals surface area contributed by atoms with Crippen LogP contribution in [0.1, 0.15) is 23.2 Å². The van der Waals surface area contributed by atoms with Crippen LogP contribution in [0.5, 0.6) is 0 Å². The molecule has 17 heavy (non-hydrogen) atoms. The Bertz CT molecular complexity index is 430. The molecule has 0 aromatic heterocycles. The van der Waals surface area contributed by atoms with Gasteiger partial charge in [-0.2, -0.15) is 0 Å². The van der Waals surface area contributed by atoms with E-state index in [4.69, 9.17) is 10.2 Å². The molecular weight excluding hydrogens is 286 g/mol. The molecule has 1 aliphatic rings. The molecular formula is C12H14BrNO3. The number of carboxylic acids is 1. The summed E-state index contributed by atoms with van der Waals surface area (Å²) >= 11 is 3.29. The Morgan fingerprint density at radius 3 is 2.71 bits per heavy atom. The van der Waals surface area contributed by atoms with Crippen molar-refractivity contribution in [1.82, 2.24) is 0 Å². The first-order valence-corrected chi connectivity index (χ1v) is 6.29. The Morgan fingerprint density at radius 1 is 1.41 bits per heavy atom. The number of rotatable bonds is 4. The van der Waals surface area contributed by atoms with Gasteiger partial charge in [0.25, 0.3) is 0 Å². The molecule has 2 rings (SSSR count). The summed E-state index contributed by atoms with van der Waals surface area (Å²) in [4.78, 5) is 10.9. The van der Waals surface area contributed by atoms with Crippen molar-refractivity contribution in [1.29, 1.82) is 0 Å². The highest BCUT2D eigenvalue weighted by atomic mass is 79.9. The monoisotopic (exact) mass is 299 g/mol. The Kier molecular flexibility index (Phi) is 3.69. The van der Waals surface area contributed by atoms with Gasteiger partial charge in [0.15, 0.2) is 0 Å². The zero-order valence-electron chi connectivity index (χ0n) is 9.19. The lowest BCUT2D eigenvalue weighted by molar-refractivity contribution is 0.0487. The van der Waals surface area contributed by atoms with Crippen molar-refractivity contribution in [3.05, 3.63) is 28.2 Å². The normalized spacial score (nSPS) is 22.9. The van der Waals surface area contributed by atoms with Crippen molar-refractivity contribution in [2.45, 2.75) is 18.9 Å². The highest BCUT2D eigenvalue weighted by Gasteiger charge is 2.26. The molecule has 0 spiro atoms. The van der Waals surface area contributed by atoms with Crippen LogP contribution in [0.2, 0.25) is 0 Å². The maximum absolute atomic E-state index is 10.9. The minimum Gasteiger partial charge on any atom is -0.478 e. The second kappa shape index (κ2) is 5.06. The van der Waals surface area contributed by atoms with E-state index in [1.165, 1.54) is 0 Å². The summed E-state index contributed by atoms with van der Waals surface area (Å²) in [6.07, 6.45) is 1.50. The lowest BCUT2D eigenvalue weighted by Crippen LogP contribution is -2.33. The van der Waals surface area contributed by atoms with Crippen LogP contribution >= 0.6 is 15.9 Å². The fourth-order valence-electron chi connectivity index (χ4n) is 1.94. The number of aliphatic hydroxyl groups excluding tert-OH is 1. The molecule has 4 nitrogen and oxygen atoms in total. The fraction of sp³-hybridized carbons (Fsp3) is 0.417. The predicted octanol–water partition coefficient (Wildman–Crippen LogP) is 2.33. The van der Waals surface area contributed by atoms with Crippen molar-refractivity contribution in [3.8, 4) is 0 Å². The van der Waals surface area contributed by atoms with Crippen LogP contribution in [0.3, 0.4) is 0 Å². The van der Waals surface area contributed by atoms with Crippen LogP contribution in [0.25, 0.3) is 0 Å². The third-order valence-corrected chi connectivity index (χ3v) is 3.41. The molecule has 5 heteroatoms. The van der Waals surface area contributed by atoms with Gasteiger partial charge < -0.3 is 15.5 Å². The number of anilines is 1. The highest BCUT2D eigenvalue weighted by Crippen LogP contribution is 2.28. The SMILES string of the molecule is O=C(O)c1cc(Br)cc(NCC2CC(O)C2)c1. The summed E-state index contributed by atoms with van der Waals surface area (Å²) in [5, 5.41) is 21.3. The van der Waals surface area contributed by atoms with Crippen LogP contribution in [0, 0.1) is 5.92 Å². The lowest BCUT2D eigenvalue weighted by Gasteiger charge is -2.31. The highest BCUT2D eigenvalue weighted by molar-refractivity contribution is 9.10. The Hall–Kier alpha value is -1.07. The molecule has 0 aliphatic heterocycles. The van der Waals surface area contributed by atoms with Crippen molar-refractivity contribution < 1.29 is 15.0 Å². The third kappa shape index (κ3) is 3.20. The molecule has 0 radical (unpaired) electrons. The number of hydrogen-bond donors (Lipinski definition) is 3. The molecule has 0 saturated heterocycles. The number of aliphatic hydroxyl groups is 1. The lowest BCUT2D eigenvalue weighted by atomic mass is 9.82. The molecule has 1 fully saturated rings. The minimum atomic E-state index is -0.937. The van der Waals surface area contributed by atoms with Crippen LogP contribution in [0.15, 0.2) is 22.7 Å². The predicted molar refractivity (Wildman–Crippen MR) is 68.3 cm³/mol. The van der Waals surface area contributed by atoms with E-state index in [2.05, 4.69) is 21.2 Å². The maximum Gasteiger partial charge on any atom is 0.335 e. The number of carboxylic acid groups (broad SMARTS) is 1. The number of aromatic carboxylic acids is 1. The van der Waals surface area contributed by atoms with E-state index in [-0.39, 0.29) is 11.7 Å². The first-order chi connectivity index (χ1) is 8.04. The van der Waals surface area contributed by atoms with Crippen LogP contribution in [-0.4, -0.2) is 28.8 Å². The summed E-state index contributed by atoms with van der Waals surface area (Å²) in [5.41, 5.74) is 1.05. The zero-order chi connectivity index (χ0) is 12.4. The van der Waals surface area contributed by atoms with Crippen molar-refractivity contribution in [2.75, 3.05) is 11.9 Å². The molecule has 1 saturated carbocycles. The largest absolute Gasteiger partial charge is 0.478 e. The van der Waals surface area contributed by atoms with Crippen LogP contribution < -0.4 is 5.32 Å². The van der Waals surface area contributed by atoms with Gasteiger partial charge in [0.1, 0.15) is 0 Å². The first kappa shape index (κ1) is 12.4. The van der Waals surface area contributed by atoms with Crippen molar-refractivity contribution in [2.24, 2.45) is 5.92 Å². The third-order valence-electron chi connectivity index (χ3n) is 2.95. The van der Waals surface area contributed by atoms with E-state index in [0.717, 1.165) is 29.5 Å². The molecule has 1 aliphatic carbocycles. The first-order valence-electron chi connectivity index (χ1n) is 5.50. The van der Waals surface area contributed by atoms with Gasteiger partial charge in [-0.05, 0) is 37.0 Å². The smallest absolute Gasteiger partial charge is 0.335 e. The Labute approximate surface area is 108 Å². The average Bonchev–Trinajstić information content (AvgIpc) is 2.22. The quantitative estimate of drug-likeness (QED) is 0.798. The molecule has 1 aromatic carbocycles. The van der Waals surface area contributed by atoms with Gasteiger partial charge in [0.2, 0.25) is 0 Å².